The first-order valence-electron chi connectivity index (χ1n) is 6.26. The molecule has 0 unspecified atom stereocenters. The molecule has 0 saturated carbocycles. The maximum absolute atomic E-state index is 11.6. The van der Waals surface area contributed by atoms with Crippen molar-refractivity contribution in [3.05, 3.63) is 44.9 Å². The summed E-state index contributed by atoms with van der Waals surface area (Å²) in [6.07, 6.45) is 2.71. The van der Waals surface area contributed by atoms with Gasteiger partial charge in [-0.2, -0.15) is 0 Å². The van der Waals surface area contributed by atoms with E-state index in [-0.39, 0.29) is 5.91 Å². The molecule has 0 aliphatic heterocycles. The lowest BCUT2D eigenvalue weighted by atomic mass is 10.1. The number of aromatic nitrogens is 1. The third-order valence-corrected chi connectivity index (χ3v) is 4.21. The summed E-state index contributed by atoms with van der Waals surface area (Å²) in [5.41, 5.74) is 0.974. The number of anilines is 1. The molecule has 0 bridgehead atoms. The average Bonchev–Trinajstić information content (AvgIpc) is 2.87. The van der Waals surface area contributed by atoms with Gasteiger partial charge in [0.1, 0.15) is 0 Å². The van der Waals surface area contributed by atoms with Crippen LogP contribution in [0.15, 0.2) is 24.4 Å². The predicted octanol–water partition coefficient (Wildman–Crippen LogP) is 4.02. The summed E-state index contributed by atoms with van der Waals surface area (Å²) in [6.45, 7) is 0.393. The Morgan fingerprint density at radius 3 is 2.95 bits per heavy atom. The largest absolute Gasteiger partial charge is 0.384 e. The maximum Gasteiger partial charge on any atom is 0.228 e. The molecule has 1 heterocycles. The normalized spacial score (nSPS) is 10.6. The van der Waals surface area contributed by atoms with Gasteiger partial charge in [-0.3, -0.25) is 4.79 Å². The summed E-state index contributed by atoms with van der Waals surface area (Å²) in [4.78, 5) is 16.8. The van der Waals surface area contributed by atoms with E-state index in [2.05, 4.69) is 10.3 Å². The second-order valence-electron chi connectivity index (χ2n) is 4.34. The van der Waals surface area contributed by atoms with E-state index < -0.39 is 0 Å². The number of ether oxygens (including phenoxy) is 1. The number of halogens is 2. The highest BCUT2D eigenvalue weighted by atomic mass is 35.5. The van der Waals surface area contributed by atoms with Gasteiger partial charge in [0.15, 0.2) is 5.13 Å². The van der Waals surface area contributed by atoms with Gasteiger partial charge >= 0.3 is 0 Å². The van der Waals surface area contributed by atoms with E-state index in [9.17, 15) is 4.79 Å². The number of rotatable bonds is 6. The van der Waals surface area contributed by atoms with E-state index in [1.165, 1.54) is 11.3 Å². The number of benzene rings is 1. The monoisotopic (exact) mass is 344 g/mol. The van der Waals surface area contributed by atoms with E-state index in [1.54, 1.807) is 25.4 Å². The number of thiazole rings is 1. The Labute approximate surface area is 137 Å². The van der Waals surface area contributed by atoms with Crippen LogP contribution in [0.25, 0.3) is 0 Å². The maximum atomic E-state index is 11.6. The van der Waals surface area contributed by atoms with Crippen LogP contribution in [0.1, 0.15) is 16.9 Å². The molecule has 0 aliphatic rings. The minimum Gasteiger partial charge on any atom is -0.384 e. The van der Waals surface area contributed by atoms with Crippen molar-refractivity contribution < 1.29 is 9.53 Å². The fourth-order valence-corrected chi connectivity index (χ4v) is 3.00. The number of carbonyl (C=O) groups is 1. The molecule has 0 spiro atoms. The van der Waals surface area contributed by atoms with Gasteiger partial charge in [0.2, 0.25) is 5.91 Å². The fourth-order valence-electron chi connectivity index (χ4n) is 1.68. The molecule has 4 nitrogen and oxygen atoms in total. The van der Waals surface area contributed by atoms with Crippen LogP contribution in [0.4, 0.5) is 5.13 Å². The zero-order valence-electron chi connectivity index (χ0n) is 11.4. The van der Waals surface area contributed by atoms with Gasteiger partial charge in [0.25, 0.3) is 0 Å². The lowest BCUT2D eigenvalue weighted by Crippen LogP contribution is -2.13. The van der Waals surface area contributed by atoms with Crippen molar-refractivity contribution in [3.8, 4) is 0 Å². The summed E-state index contributed by atoms with van der Waals surface area (Å²) in [5, 5.41) is 4.56. The highest BCUT2D eigenvalue weighted by Crippen LogP contribution is 2.26. The Hall–Kier alpha value is -1.14. The zero-order valence-corrected chi connectivity index (χ0v) is 13.7. The Kier molecular flexibility index (Phi) is 5.99. The van der Waals surface area contributed by atoms with Crippen LogP contribution in [-0.4, -0.2) is 24.6 Å². The average molecular weight is 345 g/mol. The van der Waals surface area contributed by atoms with Crippen LogP contribution in [0.2, 0.25) is 10.0 Å². The first-order chi connectivity index (χ1) is 10.1. The van der Waals surface area contributed by atoms with E-state index in [4.69, 9.17) is 27.9 Å². The number of amides is 1. The molecule has 2 aromatic rings. The Morgan fingerprint density at radius 1 is 1.43 bits per heavy atom. The van der Waals surface area contributed by atoms with Crippen LogP contribution >= 0.6 is 34.5 Å². The molecule has 2 rings (SSSR count). The van der Waals surface area contributed by atoms with Crippen molar-refractivity contribution >= 4 is 45.6 Å². The number of hydrogen-bond acceptors (Lipinski definition) is 4. The van der Waals surface area contributed by atoms with Crippen LogP contribution in [0.5, 0.6) is 0 Å². The third-order valence-electron chi connectivity index (χ3n) is 2.71. The molecule has 0 aliphatic carbocycles. The van der Waals surface area contributed by atoms with Crippen LogP contribution in [-0.2, 0) is 16.0 Å². The smallest absolute Gasteiger partial charge is 0.228 e. The van der Waals surface area contributed by atoms with Gasteiger partial charge < -0.3 is 10.1 Å². The SMILES string of the molecule is COCCC(=O)Nc1ncc(Cc2ccc(Cl)cc2Cl)s1. The number of hydrogen-bond donors (Lipinski definition) is 1. The summed E-state index contributed by atoms with van der Waals surface area (Å²) >= 11 is 13.4. The van der Waals surface area contributed by atoms with Crippen LogP contribution < -0.4 is 5.32 Å². The molecule has 0 saturated heterocycles. The van der Waals surface area contributed by atoms with Crippen molar-refractivity contribution in [2.24, 2.45) is 0 Å². The number of carbonyl (C=O) groups excluding carboxylic acids is 1. The highest BCUT2D eigenvalue weighted by Gasteiger charge is 2.09. The molecule has 7 heteroatoms. The van der Waals surface area contributed by atoms with Gasteiger partial charge in [-0.15, -0.1) is 11.3 Å². The van der Waals surface area contributed by atoms with Crippen LogP contribution in [0.3, 0.4) is 0 Å². The lowest BCUT2D eigenvalue weighted by Gasteiger charge is -2.02. The number of nitrogens with one attached hydrogen (secondary N) is 1. The molecule has 0 fully saturated rings. The summed E-state index contributed by atoms with van der Waals surface area (Å²) in [5.74, 6) is -0.109. The van der Waals surface area contributed by atoms with E-state index in [0.29, 0.717) is 34.6 Å². The van der Waals surface area contributed by atoms with Gasteiger partial charge in [0, 0.05) is 34.6 Å². The van der Waals surface area contributed by atoms with Crippen molar-refractivity contribution in [3.63, 3.8) is 0 Å². The molecular weight excluding hydrogens is 331 g/mol. The van der Waals surface area contributed by atoms with E-state index in [1.807, 2.05) is 6.07 Å². The molecule has 0 atom stereocenters. The molecule has 0 radical (unpaired) electrons. The number of methoxy groups -OCH3 is 1. The van der Waals surface area contributed by atoms with Crippen molar-refractivity contribution in [1.82, 2.24) is 4.98 Å². The molecule has 1 aromatic heterocycles. The molecule has 21 heavy (non-hydrogen) atoms. The molecule has 1 N–H and O–H groups in total. The summed E-state index contributed by atoms with van der Waals surface area (Å²) in [6, 6.07) is 5.41. The van der Waals surface area contributed by atoms with Gasteiger partial charge in [-0.25, -0.2) is 4.98 Å². The quantitative estimate of drug-likeness (QED) is 0.860. The third kappa shape index (κ3) is 4.97. The molecule has 1 amide bonds. The van der Waals surface area contributed by atoms with E-state index in [0.717, 1.165) is 10.4 Å². The first-order valence-corrected chi connectivity index (χ1v) is 7.83. The Balaban J connectivity index is 1.98. The minimum absolute atomic E-state index is 0.109. The lowest BCUT2D eigenvalue weighted by molar-refractivity contribution is -0.117. The van der Waals surface area contributed by atoms with Gasteiger partial charge in [-0.1, -0.05) is 29.3 Å². The van der Waals surface area contributed by atoms with Crippen molar-refractivity contribution in [2.75, 3.05) is 19.0 Å². The Bertz CT molecular complexity index is 631. The van der Waals surface area contributed by atoms with Crippen molar-refractivity contribution in [2.45, 2.75) is 12.8 Å². The van der Waals surface area contributed by atoms with Crippen LogP contribution in [0, 0.1) is 0 Å². The molecule has 112 valence electrons. The second-order valence-corrected chi connectivity index (χ2v) is 6.29. The Morgan fingerprint density at radius 2 is 2.24 bits per heavy atom. The highest BCUT2D eigenvalue weighted by molar-refractivity contribution is 7.15. The van der Waals surface area contributed by atoms with Gasteiger partial charge in [0.05, 0.1) is 13.0 Å². The zero-order chi connectivity index (χ0) is 15.2. The second kappa shape index (κ2) is 7.75. The summed E-state index contributed by atoms with van der Waals surface area (Å²) < 4.78 is 4.85. The first kappa shape index (κ1) is 16.2. The topological polar surface area (TPSA) is 51.2 Å². The van der Waals surface area contributed by atoms with Crippen molar-refractivity contribution in [1.29, 1.82) is 0 Å². The predicted molar refractivity (Wildman–Crippen MR) is 86.5 cm³/mol. The number of nitrogens with zero attached hydrogens (tertiary/aromatic N) is 1. The standard InChI is InChI=1S/C14H14Cl2N2O2S/c1-20-5-4-13(19)18-14-17-8-11(21-14)6-9-2-3-10(15)7-12(9)16/h2-3,7-8H,4-6H2,1H3,(H,17,18,19). The molecular formula is C14H14Cl2N2O2S. The van der Waals surface area contributed by atoms with E-state index >= 15 is 0 Å². The van der Waals surface area contributed by atoms with Gasteiger partial charge in [-0.05, 0) is 17.7 Å². The minimum atomic E-state index is -0.109. The molecule has 1 aromatic carbocycles. The fraction of sp³-hybridized carbons (Fsp3) is 0.286. The summed E-state index contributed by atoms with van der Waals surface area (Å²) in [7, 11) is 1.56.